The zero-order valence-corrected chi connectivity index (χ0v) is 23.8. The third-order valence-corrected chi connectivity index (χ3v) is 8.90. The molecule has 0 radical (unpaired) electrons. The minimum absolute atomic E-state index is 0.0692. The molecule has 2 fully saturated rings. The Kier molecular flexibility index (Phi) is 7.69. The first kappa shape index (κ1) is 29.2. The first-order valence-corrected chi connectivity index (χ1v) is 14.5. The van der Waals surface area contributed by atoms with E-state index in [-0.39, 0.29) is 43.1 Å². The van der Waals surface area contributed by atoms with Crippen LogP contribution in [0.15, 0.2) is 36.5 Å². The molecule has 43 heavy (non-hydrogen) atoms. The molecule has 14 heteroatoms. The maximum atomic E-state index is 14.3. The summed E-state index contributed by atoms with van der Waals surface area (Å²) in [5.74, 6) is -2.54. The van der Waals surface area contributed by atoms with E-state index in [2.05, 4.69) is 10.2 Å². The van der Waals surface area contributed by atoms with E-state index < -0.39 is 30.4 Å². The number of nitrogens with zero attached hydrogens (tertiary/aromatic N) is 5. The quantitative estimate of drug-likeness (QED) is 0.417. The van der Waals surface area contributed by atoms with Gasteiger partial charge in [-0.3, -0.25) is 19.6 Å². The highest BCUT2D eigenvalue weighted by Crippen LogP contribution is 2.35. The SMILES string of the molecule is O=C(CC1Cc2cc(Cl)c3[nH]ncc3c2CN(CC(F)(F)F)C1=O)N1CCC(N2CCN(c3ccccc3F)C2=O)CC1. The summed E-state index contributed by atoms with van der Waals surface area (Å²) in [6, 6.07) is 7.31. The van der Waals surface area contributed by atoms with Crippen molar-refractivity contribution in [3.63, 3.8) is 0 Å². The molecule has 0 aliphatic carbocycles. The van der Waals surface area contributed by atoms with Crippen LogP contribution in [0.3, 0.4) is 0 Å². The highest BCUT2D eigenvalue weighted by atomic mass is 35.5. The van der Waals surface area contributed by atoms with Crippen LogP contribution in [0, 0.1) is 11.7 Å². The largest absolute Gasteiger partial charge is 0.406 e. The normalized spacial score (nSPS) is 20.3. The number of hydrogen-bond donors (Lipinski definition) is 1. The molecule has 3 aliphatic heterocycles. The van der Waals surface area contributed by atoms with E-state index in [0.29, 0.717) is 66.1 Å². The van der Waals surface area contributed by atoms with Gasteiger partial charge in [0.1, 0.15) is 12.4 Å². The maximum absolute atomic E-state index is 14.3. The molecule has 228 valence electrons. The van der Waals surface area contributed by atoms with Crippen LogP contribution in [0.5, 0.6) is 0 Å². The minimum Gasteiger partial charge on any atom is -0.343 e. The molecule has 1 N–H and O–H groups in total. The fourth-order valence-electron chi connectivity index (χ4n) is 6.49. The number of para-hydroxylation sites is 1. The minimum atomic E-state index is -4.62. The molecule has 1 atom stereocenters. The number of alkyl halides is 3. The summed E-state index contributed by atoms with van der Waals surface area (Å²) in [6.07, 6.45) is -2.32. The number of rotatable bonds is 5. The van der Waals surface area contributed by atoms with Gasteiger partial charge in [-0.1, -0.05) is 23.7 Å². The van der Waals surface area contributed by atoms with Gasteiger partial charge in [-0.2, -0.15) is 18.3 Å². The fraction of sp³-hybridized carbons (Fsp3) is 0.448. The molecule has 1 unspecified atom stereocenters. The van der Waals surface area contributed by atoms with Gasteiger partial charge in [-0.25, -0.2) is 9.18 Å². The van der Waals surface area contributed by atoms with Crippen molar-refractivity contribution in [1.29, 1.82) is 0 Å². The molecular weight excluding hydrogens is 592 g/mol. The number of carbonyl (C=O) groups is 3. The number of H-pyrrole nitrogens is 1. The molecule has 4 amide bonds. The molecule has 9 nitrogen and oxygen atoms in total. The summed E-state index contributed by atoms with van der Waals surface area (Å²) in [4.78, 5) is 45.4. The van der Waals surface area contributed by atoms with Crippen molar-refractivity contribution in [2.75, 3.05) is 37.6 Å². The highest BCUT2D eigenvalue weighted by Gasteiger charge is 2.41. The smallest absolute Gasteiger partial charge is 0.343 e. The number of aromatic nitrogens is 2. The maximum Gasteiger partial charge on any atom is 0.406 e. The van der Waals surface area contributed by atoms with Crippen molar-refractivity contribution in [3.8, 4) is 0 Å². The number of likely N-dealkylation sites (tertiary alicyclic amines) is 1. The molecule has 0 spiro atoms. The Bertz CT molecular complexity index is 1570. The van der Waals surface area contributed by atoms with Gasteiger partial charge < -0.3 is 14.7 Å². The lowest BCUT2D eigenvalue weighted by Crippen LogP contribution is -2.49. The number of fused-ring (bicyclic) bond motifs is 3. The summed E-state index contributed by atoms with van der Waals surface area (Å²) in [7, 11) is 0. The zero-order valence-electron chi connectivity index (χ0n) is 23.0. The fourth-order valence-corrected chi connectivity index (χ4v) is 6.77. The predicted octanol–water partition coefficient (Wildman–Crippen LogP) is 4.74. The van der Waals surface area contributed by atoms with Crippen LogP contribution in [0.4, 0.5) is 28.0 Å². The number of nitrogens with one attached hydrogen (secondary N) is 1. The summed E-state index contributed by atoms with van der Waals surface area (Å²) < 4.78 is 54.8. The number of benzene rings is 2. The van der Waals surface area contributed by atoms with Crippen LogP contribution in [0.25, 0.3) is 10.9 Å². The van der Waals surface area contributed by atoms with Gasteiger partial charge in [0.2, 0.25) is 11.8 Å². The Morgan fingerprint density at radius 1 is 1.09 bits per heavy atom. The van der Waals surface area contributed by atoms with E-state index in [9.17, 15) is 31.9 Å². The van der Waals surface area contributed by atoms with Crippen LogP contribution in [-0.2, 0) is 22.6 Å². The number of aromatic amines is 1. The number of anilines is 1. The van der Waals surface area contributed by atoms with Gasteiger partial charge in [0.15, 0.2) is 0 Å². The van der Waals surface area contributed by atoms with E-state index in [1.54, 1.807) is 34.1 Å². The van der Waals surface area contributed by atoms with Crippen molar-refractivity contribution < 1.29 is 31.9 Å². The molecule has 1 aromatic heterocycles. The van der Waals surface area contributed by atoms with Crippen LogP contribution < -0.4 is 4.90 Å². The topological polar surface area (TPSA) is 92.8 Å². The standard InChI is InChI=1S/C29H29ClF4N6O3/c30-22-12-17-11-18(27(42)38(16-29(32,33)34)15-21(17)20-14-35-36-26(20)22)13-25(41)37-7-5-19(6-8-37)39-9-10-40(28(39)43)24-4-2-1-3-23(24)31/h1-4,12,14,18-19H,5-11,13,15-16H2,(H,35,36). The first-order valence-electron chi connectivity index (χ1n) is 14.1. The van der Waals surface area contributed by atoms with Crippen molar-refractivity contribution in [2.24, 2.45) is 5.92 Å². The second-order valence-corrected chi connectivity index (χ2v) is 11.7. The lowest BCUT2D eigenvalue weighted by atomic mass is 9.92. The number of halogens is 5. The number of carbonyl (C=O) groups excluding carboxylic acids is 3. The van der Waals surface area contributed by atoms with Crippen molar-refractivity contribution in [2.45, 2.75) is 44.4 Å². The number of urea groups is 1. The van der Waals surface area contributed by atoms with Crippen LogP contribution in [-0.4, -0.2) is 87.7 Å². The Morgan fingerprint density at radius 3 is 2.56 bits per heavy atom. The number of amides is 4. The second kappa shape index (κ2) is 11.3. The van der Waals surface area contributed by atoms with Crippen molar-refractivity contribution in [3.05, 3.63) is 58.5 Å². The van der Waals surface area contributed by atoms with Crippen LogP contribution in [0.2, 0.25) is 5.02 Å². The average Bonchev–Trinajstić information content (AvgIpc) is 3.58. The molecule has 0 bridgehead atoms. The summed E-state index contributed by atoms with van der Waals surface area (Å²) >= 11 is 6.40. The van der Waals surface area contributed by atoms with Gasteiger partial charge in [0.25, 0.3) is 0 Å². The van der Waals surface area contributed by atoms with Crippen molar-refractivity contribution in [1.82, 2.24) is 24.9 Å². The van der Waals surface area contributed by atoms with Gasteiger partial charge in [-0.05, 0) is 48.6 Å². The Hall–Kier alpha value is -3.87. The Balaban J connectivity index is 1.14. The van der Waals surface area contributed by atoms with Gasteiger partial charge in [0, 0.05) is 50.6 Å². The zero-order chi connectivity index (χ0) is 30.5. The predicted molar refractivity (Wildman–Crippen MR) is 150 cm³/mol. The third kappa shape index (κ3) is 5.74. The van der Waals surface area contributed by atoms with Crippen LogP contribution in [0.1, 0.15) is 30.4 Å². The number of piperidine rings is 1. The Morgan fingerprint density at radius 2 is 1.84 bits per heavy atom. The molecule has 3 aliphatic rings. The molecule has 6 rings (SSSR count). The van der Waals surface area contributed by atoms with Gasteiger partial charge in [0.05, 0.1) is 28.3 Å². The molecule has 4 heterocycles. The molecule has 3 aromatic rings. The monoisotopic (exact) mass is 620 g/mol. The van der Waals surface area contributed by atoms with Gasteiger partial charge in [-0.15, -0.1) is 0 Å². The molecular formula is C29H29ClF4N6O3. The van der Waals surface area contributed by atoms with E-state index in [1.165, 1.54) is 17.2 Å². The molecule has 0 saturated carbocycles. The summed E-state index contributed by atoms with van der Waals surface area (Å²) in [5, 5.41) is 7.59. The third-order valence-electron chi connectivity index (χ3n) is 8.60. The average molecular weight is 621 g/mol. The van der Waals surface area contributed by atoms with E-state index >= 15 is 0 Å². The first-order chi connectivity index (χ1) is 20.5. The van der Waals surface area contributed by atoms with E-state index in [1.807, 2.05) is 0 Å². The molecule has 2 aromatic carbocycles. The Labute approximate surface area is 249 Å². The lowest BCUT2D eigenvalue weighted by Gasteiger charge is -2.37. The number of hydrogen-bond acceptors (Lipinski definition) is 4. The highest BCUT2D eigenvalue weighted by molar-refractivity contribution is 6.35. The summed E-state index contributed by atoms with van der Waals surface area (Å²) in [6.45, 7) is -0.255. The lowest BCUT2D eigenvalue weighted by molar-refractivity contribution is -0.165. The van der Waals surface area contributed by atoms with Crippen molar-refractivity contribution >= 4 is 46.0 Å². The van der Waals surface area contributed by atoms with E-state index in [4.69, 9.17) is 11.6 Å². The second-order valence-electron chi connectivity index (χ2n) is 11.3. The summed E-state index contributed by atoms with van der Waals surface area (Å²) in [5.41, 5.74) is 1.85. The molecule has 2 saturated heterocycles. The van der Waals surface area contributed by atoms with Crippen LogP contribution >= 0.6 is 11.6 Å². The van der Waals surface area contributed by atoms with E-state index in [0.717, 1.165) is 4.90 Å². The van der Waals surface area contributed by atoms with Gasteiger partial charge >= 0.3 is 12.2 Å².